The van der Waals surface area contributed by atoms with E-state index < -0.39 is 45.0 Å². The highest BCUT2D eigenvalue weighted by atomic mass is 35.5. The van der Waals surface area contributed by atoms with Gasteiger partial charge in [-0.05, 0) is 48.5 Å². The molecule has 0 bridgehead atoms. The molecule has 0 aliphatic heterocycles. The van der Waals surface area contributed by atoms with Crippen LogP contribution in [-0.2, 0) is 19.6 Å². The molecule has 0 unspecified atom stereocenters. The number of rotatable bonds is 7. The first-order valence-corrected chi connectivity index (χ1v) is 11.3. The minimum Gasteiger partial charge on any atom is -0.452 e. The Kier molecular flexibility index (Phi) is 7.52. The summed E-state index contributed by atoms with van der Waals surface area (Å²) >= 11 is 11.7. The zero-order valence-electron chi connectivity index (χ0n) is 16.4. The summed E-state index contributed by atoms with van der Waals surface area (Å²) in [6.45, 7) is -0.677. The summed E-state index contributed by atoms with van der Waals surface area (Å²) in [4.78, 5) is 24.0. The molecule has 0 heterocycles. The fourth-order valence-electron chi connectivity index (χ4n) is 2.58. The zero-order valence-corrected chi connectivity index (χ0v) is 18.8. The number of hydrogen-bond acceptors (Lipinski definition) is 5. The summed E-state index contributed by atoms with van der Waals surface area (Å²) in [6.07, 6.45) is 0. The molecule has 3 aromatic carbocycles. The summed E-state index contributed by atoms with van der Waals surface area (Å²) < 4.78 is 58.7. The molecule has 0 aromatic heterocycles. The molecule has 3 rings (SSSR count). The van der Waals surface area contributed by atoms with Gasteiger partial charge < -0.3 is 10.1 Å². The lowest BCUT2D eigenvalue weighted by Crippen LogP contribution is -2.22. The lowest BCUT2D eigenvalue weighted by Gasteiger charge is -2.13. The van der Waals surface area contributed by atoms with Gasteiger partial charge in [-0.25, -0.2) is 22.0 Å². The molecule has 2 N–H and O–H groups in total. The van der Waals surface area contributed by atoms with E-state index in [1.54, 1.807) is 0 Å². The van der Waals surface area contributed by atoms with Crippen LogP contribution < -0.4 is 10.0 Å². The van der Waals surface area contributed by atoms with E-state index in [1.807, 2.05) is 0 Å². The van der Waals surface area contributed by atoms with Gasteiger partial charge in [0.25, 0.3) is 15.9 Å². The van der Waals surface area contributed by atoms with E-state index in [4.69, 9.17) is 27.9 Å². The molecule has 12 heteroatoms. The number of hydrogen-bond donors (Lipinski definition) is 2. The van der Waals surface area contributed by atoms with E-state index in [0.29, 0.717) is 22.8 Å². The Balaban J connectivity index is 1.70. The zero-order chi connectivity index (χ0) is 24.2. The molecule has 0 saturated carbocycles. The summed E-state index contributed by atoms with van der Waals surface area (Å²) in [5.41, 5.74) is -0.0618. The Morgan fingerprint density at radius 1 is 0.909 bits per heavy atom. The molecule has 0 radical (unpaired) electrons. The van der Waals surface area contributed by atoms with Crippen molar-refractivity contribution in [2.45, 2.75) is 4.90 Å². The SMILES string of the molecule is O=C(COC(=O)c1ccccc1NS(=O)(=O)c1ccc(F)c(F)c1)Nc1ccc(Cl)c(Cl)c1. The summed E-state index contributed by atoms with van der Waals surface area (Å²) in [5.74, 6) is -4.24. The molecule has 0 atom stereocenters. The van der Waals surface area contributed by atoms with Gasteiger partial charge in [-0.2, -0.15) is 0 Å². The number of esters is 1. The van der Waals surface area contributed by atoms with Crippen LogP contribution in [0.25, 0.3) is 0 Å². The third-order valence-corrected chi connectivity index (χ3v) is 6.23. The van der Waals surface area contributed by atoms with Crippen LogP contribution in [0.4, 0.5) is 20.2 Å². The lowest BCUT2D eigenvalue weighted by molar-refractivity contribution is -0.119. The molecule has 0 aliphatic rings. The van der Waals surface area contributed by atoms with Gasteiger partial charge in [-0.3, -0.25) is 9.52 Å². The van der Waals surface area contributed by atoms with E-state index in [0.717, 1.165) is 6.07 Å². The third-order valence-electron chi connectivity index (χ3n) is 4.13. The number of sulfonamides is 1. The highest BCUT2D eigenvalue weighted by molar-refractivity contribution is 7.92. The first-order chi connectivity index (χ1) is 15.6. The predicted octanol–water partition coefficient (Wildman–Crippen LogP) is 4.87. The largest absolute Gasteiger partial charge is 0.452 e. The third kappa shape index (κ3) is 6.19. The molecule has 0 aliphatic carbocycles. The number of carbonyl (C=O) groups excluding carboxylic acids is 2. The van der Waals surface area contributed by atoms with Gasteiger partial charge in [0.1, 0.15) is 0 Å². The Morgan fingerprint density at radius 3 is 2.33 bits per heavy atom. The maximum Gasteiger partial charge on any atom is 0.340 e. The molecule has 1 amide bonds. The van der Waals surface area contributed by atoms with Crippen molar-refractivity contribution >= 4 is 56.5 Å². The molecular weight excluding hydrogens is 501 g/mol. The van der Waals surface area contributed by atoms with Crippen molar-refractivity contribution in [3.05, 3.63) is 87.9 Å². The van der Waals surface area contributed by atoms with Gasteiger partial charge in [0.2, 0.25) is 0 Å². The number of benzene rings is 3. The first kappa shape index (κ1) is 24.4. The summed E-state index contributed by atoms with van der Waals surface area (Å²) in [5, 5.41) is 2.98. The monoisotopic (exact) mass is 514 g/mol. The highest BCUT2D eigenvalue weighted by Gasteiger charge is 2.21. The molecule has 3 aromatic rings. The van der Waals surface area contributed by atoms with Crippen LogP contribution in [0.2, 0.25) is 10.0 Å². The second-order valence-corrected chi connectivity index (χ2v) is 8.98. The fourth-order valence-corrected chi connectivity index (χ4v) is 3.97. The minimum absolute atomic E-state index is 0.183. The molecule has 0 saturated heterocycles. The first-order valence-electron chi connectivity index (χ1n) is 9.06. The van der Waals surface area contributed by atoms with E-state index in [-0.39, 0.29) is 16.3 Å². The standard InChI is InChI=1S/C21H14Cl2F2N2O5S/c22-15-7-5-12(9-16(15)23)26-20(28)11-32-21(29)14-3-1-2-4-19(14)27-33(30,31)13-6-8-17(24)18(25)10-13/h1-10,27H,11H2,(H,26,28). The Bertz CT molecular complexity index is 1340. The quantitative estimate of drug-likeness (QED) is 0.438. The lowest BCUT2D eigenvalue weighted by atomic mass is 10.2. The van der Waals surface area contributed by atoms with Crippen LogP contribution in [0.1, 0.15) is 10.4 Å². The molecule has 172 valence electrons. The number of halogens is 4. The highest BCUT2D eigenvalue weighted by Crippen LogP contribution is 2.25. The number of amides is 1. The van der Waals surface area contributed by atoms with Gasteiger partial charge in [0.05, 0.1) is 26.2 Å². The van der Waals surface area contributed by atoms with Crippen molar-refractivity contribution in [1.29, 1.82) is 0 Å². The molecular formula is C21H14Cl2F2N2O5S. The Labute approximate surface area is 197 Å². The van der Waals surface area contributed by atoms with E-state index in [1.165, 1.54) is 42.5 Å². The molecule has 33 heavy (non-hydrogen) atoms. The van der Waals surface area contributed by atoms with E-state index in [2.05, 4.69) is 10.0 Å². The van der Waals surface area contributed by atoms with Gasteiger partial charge in [-0.15, -0.1) is 0 Å². The number of nitrogens with one attached hydrogen (secondary N) is 2. The van der Waals surface area contributed by atoms with Crippen molar-refractivity contribution in [3.8, 4) is 0 Å². The smallest absolute Gasteiger partial charge is 0.340 e. The van der Waals surface area contributed by atoms with E-state index >= 15 is 0 Å². The second kappa shape index (κ2) is 10.2. The van der Waals surface area contributed by atoms with Crippen LogP contribution in [0.5, 0.6) is 0 Å². The van der Waals surface area contributed by atoms with Crippen molar-refractivity contribution in [2.24, 2.45) is 0 Å². The topological polar surface area (TPSA) is 102 Å². The summed E-state index contributed by atoms with van der Waals surface area (Å²) in [7, 11) is -4.36. The van der Waals surface area contributed by atoms with Crippen molar-refractivity contribution in [2.75, 3.05) is 16.6 Å². The second-order valence-electron chi connectivity index (χ2n) is 6.48. The Hall–Kier alpha value is -3.21. The van der Waals surface area contributed by atoms with Gasteiger partial charge in [0.15, 0.2) is 18.2 Å². The summed E-state index contributed by atoms with van der Waals surface area (Å²) in [6, 6.07) is 11.8. The average Bonchev–Trinajstić information content (AvgIpc) is 2.76. The van der Waals surface area contributed by atoms with Crippen LogP contribution in [0.3, 0.4) is 0 Å². The maximum atomic E-state index is 13.4. The predicted molar refractivity (Wildman–Crippen MR) is 119 cm³/mol. The normalized spacial score (nSPS) is 11.0. The average molecular weight is 515 g/mol. The number of anilines is 2. The minimum atomic E-state index is -4.36. The van der Waals surface area contributed by atoms with Crippen molar-refractivity contribution < 1.29 is 31.5 Å². The van der Waals surface area contributed by atoms with E-state index in [9.17, 15) is 26.8 Å². The fraction of sp³-hybridized carbons (Fsp3) is 0.0476. The maximum absolute atomic E-state index is 13.4. The van der Waals surface area contributed by atoms with Crippen LogP contribution >= 0.6 is 23.2 Å². The number of ether oxygens (including phenoxy) is 1. The molecule has 7 nitrogen and oxygen atoms in total. The van der Waals surface area contributed by atoms with Gasteiger partial charge in [-0.1, -0.05) is 35.3 Å². The molecule has 0 fully saturated rings. The molecule has 0 spiro atoms. The van der Waals surface area contributed by atoms with Crippen molar-refractivity contribution in [1.82, 2.24) is 0 Å². The van der Waals surface area contributed by atoms with Crippen LogP contribution in [-0.4, -0.2) is 26.9 Å². The van der Waals surface area contributed by atoms with Crippen molar-refractivity contribution in [3.63, 3.8) is 0 Å². The van der Waals surface area contributed by atoms with Gasteiger partial charge >= 0.3 is 5.97 Å². The number of carbonyl (C=O) groups is 2. The number of para-hydroxylation sites is 1. The Morgan fingerprint density at radius 2 is 1.64 bits per heavy atom. The van der Waals surface area contributed by atoms with Gasteiger partial charge in [0, 0.05) is 5.69 Å². The van der Waals surface area contributed by atoms with Crippen LogP contribution in [0, 0.1) is 11.6 Å². The van der Waals surface area contributed by atoms with Crippen LogP contribution in [0.15, 0.2) is 65.6 Å².